The zero-order valence-electron chi connectivity index (χ0n) is 21.7. The molecule has 8 nitrogen and oxygen atoms in total. The lowest BCUT2D eigenvalue weighted by atomic mass is 10.1. The summed E-state index contributed by atoms with van der Waals surface area (Å²) in [6.45, 7) is 8.93. The van der Waals surface area contributed by atoms with Crippen LogP contribution in [0.3, 0.4) is 0 Å². The molecule has 0 aliphatic rings. The van der Waals surface area contributed by atoms with E-state index in [0.717, 1.165) is 33.7 Å². The topological polar surface area (TPSA) is 96.0 Å². The summed E-state index contributed by atoms with van der Waals surface area (Å²) in [5.41, 5.74) is 2.92. The highest BCUT2D eigenvalue weighted by molar-refractivity contribution is 7.92. The van der Waals surface area contributed by atoms with Crippen molar-refractivity contribution in [2.24, 2.45) is 0 Å². The van der Waals surface area contributed by atoms with E-state index in [1.165, 1.54) is 4.90 Å². The molecular weight excluding hydrogens is 466 g/mol. The van der Waals surface area contributed by atoms with Crippen LogP contribution < -0.4 is 14.4 Å². The van der Waals surface area contributed by atoms with Crippen LogP contribution in [0.4, 0.5) is 5.69 Å². The maximum atomic E-state index is 13.6. The van der Waals surface area contributed by atoms with E-state index < -0.39 is 28.5 Å². The number of ether oxygens (including phenoxy) is 1. The summed E-state index contributed by atoms with van der Waals surface area (Å²) in [5, 5.41) is 2.91. The van der Waals surface area contributed by atoms with Gasteiger partial charge in [0, 0.05) is 12.6 Å². The number of hydrogen-bond donors (Lipinski definition) is 1. The molecule has 192 valence electrons. The van der Waals surface area contributed by atoms with Crippen LogP contribution in [-0.2, 0) is 26.2 Å². The quantitative estimate of drug-likeness (QED) is 0.507. The Morgan fingerprint density at radius 2 is 1.77 bits per heavy atom. The van der Waals surface area contributed by atoms with E-state index in [2.05, 4.69) is 5.32 Å². The molecule has 2 aromatic rings. The number of methoxy groups -OCH3 is 1. The summed E-state index contributed by atoms with van der Waals surface area (Å²) < 4.78 is 31.8. The van der Waals surface area contributed by atoms with Crippen LogP contribution in [0, 0.1) is 13.8 Å². The van der Waals surface area contributed by atoms with E-state index in [0.29, 0.717) is 11.4 Å². The average molecular weight is 504 g/mol. The van der Waals surface area contributed by atoms with Crippen molar-refractivity contribution in [1.82, 2.24) is 10.2 Å². The first-order valence-electron chi connectivity index (χ1n) is 11.6. The number of aryl methyl sites for hydroxylation is 2. The van der Waals surface area contributed by atoms with Crippen LogP contribution in [0.25, 0.3) is 0 Å². The first-order valence-corrected chi connectivity index (χ1v) is 13.5. The first kappa shape index (κ1) is 28.2. The second-order valence-electron chi connectivity index (χ2n) is 8.93. The van der Waals surface area contributed by atoms with E-state index in [1.54, 1.807) is 51.3 Å². The van der Waals surface area contributed by atoms with Gasteiger partial charge in [-0.15, -0.1) is 0 Å². The Labute approximate surface area is 209 Å². The fraction of sp³-hybridized carbons (Fsp3) is 0.462. The summed E-state index contributed by atoms with van der Waals surface area (Å²) in [4.78, 5) is 28.0. The van der Waals surface area contributed by atoms with Gasteiger partial charge in [-0.25, -0.2) is 8.42 Å². The predicted molar refractivity (Wildman–Crippen MR) is 139 cm³/mol. The number of sulfonamides is 1. The lowest BCUT2D eigenvalue weighted by Gasteiger charge is -2.32. The van der Waals surface area contributed by atoms with Crippen LogP contribution in [0.2, 0.25) is 0 Å². The fourth-order valence-electron chi connectivity index (χ4n) is 3.70. The molecule has 0 radical (unpaired) electrons. The Kier molecular flexibility index (Phi) is 9.71. The monoisotopic (exact) mass is 503 g/mol. The Bertz CT molecular complexity index is 1150. The van der Waals surface area contributed by atoms with Gasteiger partial charge in [-0.2, -0.15) is 0 Å². The van der Waals surface area contributed by atoms with Crippen molar-refractivity contribution >= 4 is 27.5 Å². The van der Waals surface area contributed by atoms with Crippen molar-refractivity contribution in [2.45, 2.75) is 59.7 Å². The molecular formula is C26H37N3O5S. The van der Waals surface area contributed by atoms with Gasteiger partial charge in [0.15, 0.2) is 0 Å². The highest BCUT2D eigenvalue weighted by Crippen LogP contribution is 2.24. The fourth-order valence-corrected chi connectivity index (χ4v) is 4.60. The Morgan fingerprint density at radius 3 is 2.34 bits per heavy atom. The zero-order valence-corrected chi connectivity index (χ0v) is 22.5. The second-order valence-corrected chi connectivity index (χ2v) is 10.8. The van der Waals surface area contributed by atoms with Crippen molar-refractivity contribution in [3.8, 4) is 5.75 Å². The number of hydrogen-bond acceptors (Lipinski definition) is 5. The third-order valence-electron chi connectivity index (χ3n) is 5.96. The summed E-state index contributed by atoms with van der Waals surface area (Å²) in [5.74, 6) is -0.155. The first-order chi connectivity index (χ1) is 16.4. The molecule has 35 heavy (non-hydrogen) atoms. The average Bonchev–Trinajstić information content (AvgIpc) is 2.80. The minimum absolute atomic E-state index is 0.0542. The summed E-state index contributed by atoms with van der Waals surface area (Å²) >= 11 is 0. The number of rotatable bonds is 11. The SMILES string of the molecule is CC[C@@H](C)NC(=O)[C@H](C)N(Cc1cccc(OC)c1)C(=O)CN(c1ccc(C)cc1C)S(C)(=O)=O. The number of carbonyl (C=O) groups excluding carboxylic acids is 2. The van der Waals surface area contributed by atoms with Crippen molar-refractivity contribution in [1.29, 1.82) is 0 Å². The third kappa shape index (κ3) is 7.71. The third-order valence-corrected chi connectivity index (χ3v) is 7.08. The Morgan fingerprint density at radius 1 is 1.09 bits per heavy atom. The molecule has 0 spiro atoms. The lowest BCUT2D eigenvalue weighted by molar-refractivity contribution is -0.139. The van der Waals surface area contributed by atoms with Crippen molar-refractivity contribution in [3.63, 3.8) is 0 Å². The maximum Gasteiger partial charge on any atom is 0.244 e. The van der Waals surface area contributed by atoms with Gasteiger partial charge in [-0.1, -0.05) is 36.8 Å². The molecule has 2 rings (SSSR count). The van der Waals surface area contributed by atoms with Gasteiger partial charge < -0.3 is 15.0 Å². The molecule has 2 atom stereocenters. The van der Waals surface area contributed by atoms with E-state index in [-0.39, 0.29) is 18.5 Å². The second kappa shape index (κ2) is 12.1. The number of nitrogens with zero attached hydrogens (tertiary/aromatic N) is 2. The summed E-state index contributed by atoms with van der Waals surface area (Å²) in [6, 6.07) is 11.7. The van der Waals surface area contributed by atoms with E-state index in [1.807, 2.05) is 32.9 Å². The molecule has 0 unspecified atom stereocenters. The molecule has 0 bridgehead atoms. The van der Waals surface area contributed by atoms with Crippen LogP contribution in [0.5, 0.6) is 5.75 Å². The van der Waals surface area contributed by atoms with Crippen LogP contribution in [0.15, 0.2) is 42.5 Å². The predicted octanol–water partition coefficient (Wildman–Crippen LogP) is 3.41. The summed E-state index contributed by atoms with van der Waals surface area (Å²) in [7, 11) is -2.22. The van der Waals surface area contributed by atoms with E-state index in [9.17, 15) is 18.0 Å². The van der Waals surface area contributed by atoms with Gasteiger partial charge in [-0.05, 0) is 63.4 Å². The number of nitrogens with one attached hydrogen (secondary N) is 1. The number of carbonyl (C=O) groups is 2. The van der Waals surface area contributed by atoms with Crippen LogP contribution in [0.1, 0.15) is 43.9 Å². The molecule has 0 aliphatic carbocycles. The number of benzene rings is 2. The minimum atomic E-state index is -3.77. The molecule has 0 saturated heterocycles. The highest BCUT2D eigenvalue weighted by Gasteiger charge is 2.31. The maximum absolute atomic E-state index is 13.6. The van der Waals surface area contributed by atoms with Gasteiger partial charge in [0.25, 0.3) is 0 Å². The van der Waals surface area contributed by atoms with Gasteiger partial charge in [0.05, 0.1) is 19.1 Å². The zero-order chi connectivity index (χ0) is 26.3. The number of amides is 2. The highest BCUT2D eigenvalue weighted by atomic mass is 32.2. The van der Waals surface area contributed by atoms with E-state index in [4.69, 9.17) is 4.74 Å². The van der Waals surface area contributed by atoms with Gasteiger partial charge in [-0.3, -0.25) is 13.9 Å². The van der Waals surface area contributed by atoms with E-state index >= 15 is 0 Å². The molecule has 2 aromatic carbocycles. The Balaban J connectivity index is 2.43. The number of anilines is 1. The standard InChI is InChI=1S/C26H37N3O5S/c1-8-20(4)27-26(31)21(5)28(16-22-10-9-11-23(15-22)34-6)25(30)17-29(35(7,32)33)24-13-12-18(2)14-19(24)3/h9-15,20-21H,8,16-17H2,1-7H3,(H,27,31)/t20-,21+/m1/s1. The normalized spacial score (nSPS) is 13.0. The van der Waals surface area contributed by atoms with Crippen LogP contribution in [-0.4, -0.2) is 57.1 Å². The molecule has 0 aromatic heterocycles. The molecule has 0 saturated carbocycles. The molecule has 1 N–H and O–H groups in total. The molecule has 0 fully saturated rings. The molecule has 0 aliphatic heterocycles. The van der Waals surface area contributed by atoms with Crippen molar-refractivity contribution < 1.29 is 22.7 Å². The van der Waals surface area contributed by atoms with Gasteiger partial charge in [0.1, 0.15) is 18.3 Å². The van der Waals surface area contributed by atoms with Gasteiger partial charge in [0.2, 0.25) is 21.8 Å². The minimum Gasteiger partial charge on any atom is -0.497 e. The lowest BCUT2D eigenvalue weighted by Crippen LogP contribution is -2.52. The summed E-state index contributed by atoms with van der Waals surface area (Å²) in [6.07, 6.45) is 1.82. The largest absolute Gasteiger partial charge is 0.497 e. The van der Waals surface area contributed by atoms with Gasteiger partial charge >= 0.3 is 0 Å². The molecule has 9 heteroatoms. The van der Waals surface area contributed by atoms with Crippen LogP contribution >= 0.6 is 0 Å². The van der Waals surface area contributed by atoms with Crippen molar-refractivity contribution in [2.75, 3.05) is 24.2 Å². The smallest absolute Gasteiger partial charge is 0.244 e. The van der Waals surface area contributed by atoms with Crippen molar-refractivity contribution in [3.05, 3.63) is 59.2 Å². The Hall–Kier alpha value is -3.07. The molecule has 2 amide bonds. The molecule has 0 heterocycles.